The minimum atomic E-state index is -3.83. The summed E-state index contributed by atoms with van der Waals surface area (Å²) in [4.78, 5) is 13.6. The van der Waals surface area contributed by atoms with Crippen molar-refractivity contribution in [2.75, 3.05) is 19.0 Å². The van der Waals surface area contributed by atoms with Gasteiger partial charge in [0.1, 0.15) is 10.7 Å². The Kier molecular flexibility index (Phi) is 6.26. The number of benzene rings is 1. The van der Waals surface area contributed by atoms with Crippen LogP contribution in [0, 0.1) is 20.8 Å². The second-order valence-electron chi connectivity index (χ2n) is 6.78. The van der Waals surface area contributed by atoms with E-state index in [2.05, 4.69) is 5.32 Å². The molecule has 0 aliphatic carbocycles. The third kappa shape index (κ3) is 4.14. The molecule has 3 aromatic rings. The highest BCUT2D eigenvalue weighted by molar-refractivity contribution is 7.91. The first-order valence-electron chi connectivity index (χ1n) is 9.12. The highest BCUT2D eigenvalue weighted by Crippen LogP contribution is 2.35. The van der Waals surface area contributed by atoms with Gasteiger partial charge in [-0.25, -0.2) is 8.42 Å². The van der Waals surface area contributed by atoms with Crippen LogP contribution in [-0.2, 0) is 21.1 Å². The zero-order valence-electron chi connectivity index (χ0n) is 16.9. The summed E-state index contributed by atoms with van der Waals surface area (Å²) in [5.41, 5.74) is 2.36. The van der Waals surface area contributed by atoms with Gasteiger partial charge in [0.2, 0.25) is 9.84 Å². The Morgan fingerprint density at radius 2 is 1.83 bits per heavy atom. The fourth-order valence-electron chi connectivity index (χ4n) is 3.16. The predicted molar refractivity (Wildman–Crippen MR) is 115 cm³/mol. The summed E-state index contributed by atoms with van der Waals surface area (Å²) in [6.07, 6.45) is 0. The summed E-state index contributed by atoms with van der Waals surface area (Å²) < 4.78 is 34.0. The number of anilines is 1. The molecule has 0 atom stereocenters. The molecule has 1 aromatic carbocycles. The third-order valence-electron chi connectivity index (χ3n) is 4.87. The number of hydrogen-bond acceptors (Lipinski definition) is 5. The molecule has 0 aliphatic heterocycles. The SMILES string of the molecule is COCCn1c(C)c(C)c(S(=O)(=O)c2ccc(C)cc2)c1NC(=O)c1cccs1. The molecule has 2 heterocycles. The van der Waals surface area contributed by atoms with Crippen molar-refractivity contribution >= 4 is 32.9 Å². The van der Waals surface area contributed by atoms with E-state index < -0.39 is 9.84 Å². The second kappa shape index (κ2) is 8.52. The van der Waals surface area contributed by atoms with Gasteiger partial charge in [-0.05, 0) is 49.9 Å². The quantitative estimate of drug-likeness (QED) is 0.607. The van der Waals surface area contributed by atoms with Crippen molar-refractivity contribution in [1.29, 1.82) is 0 Å². The van der Waals surface area contributed by atoms with Crippen LogP contribution in [0.1, 0.15) is 26.5 Å². The molecule has 0 radical (unpaired) electrons. The second-order valence-corrected chi connectivity index (χ2v) is 9.61. The van der Waals surface area contributed by atoms with Crippen LogP contribution in [0.25, 0.3) is 0 Å². The Bertz CT molecular complexity index is 1110. The van der Waals surface area contributed by atoms with Crippen molar-refractivity contribution in [3.8, 4) is 0 Å². The largest absolute Gasteiger partial charge is 0.383 e. The van der Waals surface area contributed by atoms with Crippen molar-refractivity contribution in [2.24, 2.45) is 0 Å². The highest BCUT2D eigenvalue weighted by Gasteiger charge is 2.30. The van der Waals surface area contributed by atoms with Crippen LogP contribution in [0.15, 0.2) is 51.6 Å². The van der Waals surface area contributed by atoms with Crippen LogP contribution in [0.3, 0.4) is 0 Å². The lowest BCUT2D eigenvalue weighted by Gasteiger charge is -2.14. The summed E-state index contributed by atoms with van der Waals surface area (Å²) in [7, 11) is -2.25. The van der Waals surface area contributed by atoms with Crippen LogP contribution in [-0.4, -0.2) is 32.6 Å². The molecule has 0 saturated heterocycles. The van der Waals surface area contributed by atoms with E-state index in [1.54, 1.807) is 60.4 Å². The molecule has 0 aliphatic rings. The molecule has 0 fully saturated rings. The Labute approximate surface area is 175 Å². The van der Waals surface area contributed by atoms with E-state index in [-0.39, 0.29) is 21.5 Å². The van der Waals surface area contributed by atoms with Gasteiger partial charge in [0.25, 0.3) is 5.91 Å². The van der Waals surface area contributed by atoms with Crippen molar-refractivity contribution in [1.82, 2.24) is 4.57 Å². The maximum Gasteiger partial charge on any atom is 0.266 e. The molecule has 29 heavy (non-hydrogen) atoms. The van der Waals surface area contributed by atoms with Gasteiger partial charge < -0.3 is 14.6 Å². The first-order chi connectivity index (χ1) is 13.8. The van der Waals surface area contributed by atoms with Crippen LogP contribution in [0.4, 0.5) is 5.82 Å². The van der Waals surface area contributed by atoms with Crippen LogP contribution in [0.2, 0.25) is 0 Å². The molecule has 0 spiro atoms. The number of hydrogen-bond donors (Lipinski definition) is 1. The van der Waals surface area contributed by atoms with Gasteiger partial charge in [0.15, 0.2) is 0 Å². The average molecular weight is 433 g/mol. The van der Waals surface area contributed by atoms with E-state index in [0.29, 0.717) is 23.6 Å². The summed E-state index contributed by atoms with van der Waals surface area (Å²) in [5, 5.41) is 4.64. The Balaban J connectivity index is 2.17. The number of nitrogens with zero attached hydrogens (tertiary/aromatic N) is 1. The molecule has 0 unspecified atom stereocenters. The number of ether oxygens (including phenoxy) is 1. The lowest BCUT2D eigenvalue weighted by Crippen LogP contribution is -2.18. The number of sulfone groups is 1. The first-order valence-corrected chi connectivity index (χ1v) is 11.5. The summed E-state index contributed by atoms with van der Waals surface area (Å²) in [6.45, 7) is 6.33. The summed E-state index contributed by atoms with van der Waals surface area (Å²) >= 11 is 1.30. The molecule has 0 saturated carbocycles. The number of carbonyl (C=O) groups is 1. The fraction of sp³-hybridized carbons (Fsp3) is 0.286. The number of thiophene rings is 1. The topological polar surface area (TPSA) is 77.4 Å². The number of carbonyl (C=O) groups excluding carboxylic acids is 1. The average Bonchev–Trinajstić information content (AvgIpc) is 3.29. The first kappa shape index (κ1) is 21.3. The van der Waals surface area contributed by atoms with Gasteiger partial charge in [-0.2, -0.15) is 0 Å². The third-order valence-corrected chi connectivity index (χ3v) is 7.67. The number of amides is 1. The number of aryl methyl sites for hydroxylation is 1. The van der Waals surface area contributed by atoms with E-state index in [9.17, 15) is 13.2 Å². The van der Waals surface area contributed by atoms with Crippen molar-refractivity contribution in [3.05, 3.63) is 63.5 Å². The highest BCUT2D eigenvalue weighted by atomic mass is 32.2. The molecular weight excluding hydrogens is 408 g/mol. The molecule has 3 rings (SSSR count). The smallest absolute Gasteiger partial charge is 0.266 e. The summed E-state index contributed by atoms with van der Waals surface area (Å²) in [6, 6.07) is 10.2. The Hall–Kier alpha value is -2.42. The molecule has 2 aromatic heterocycles. The molecule has 1 amide bonds. The number of aromatic nitrogens is 1. The molecular formula is C21H24N2O4S2. The minimum absolute atomic E-state index is 0.125. The Morgan fingerprint density at radius 1 is 1.14 bits per heavy atom. The van der Waals surface area contributed by atoms with Gasteiger partial charge in [-0.15, -0.1) is 11.3 Å². The van der Waals surface area contributed by atoms with Gasteiger partial charge in [-0.3, -0.25) is 4.79 Å². The van der Waals surface area contributed by atoms with Gasteiger partial charge in [0.05, 0.1) is 16.4 Å². The van der Waals surface area contributed by atoms with Crippen molar-refractivity contribution in [3.63, 3.8) is 0 Å². The van der Waals surface area contributed by atoms with E-state index in [4.69, 9.17) is 4.74 Å². The van der Waals surface area contributed by atoms with E-state index in [0.717, 1.165) is 11.3 Å². The lowest BCUT2D eigenvalue weighted by atomic mass is 10.2. The number of rotatable bonds is 7. The normalized spacial score (nSPS) is 11.6. The van der Waals surface area contributed by atoms with E-state index >= 15 is 0 Å². The maximum absolute atomic E-state index is 13.5. The fourth-order valence-corrected chi connectivity index (χ4v) is 5.48. The lowest BCUT2D eigenvalue weighted by molar-refractivity contribution is 0.102. The van der Waals surface area contributed by atoms with Crippen LogP contribution in [0.5, 0.6) is 0 Å². The zero-order valence-corrected chi connectivity index (χ0v) is 18.5. The molecule has 1 N–H and O–H groups in total. The minimum Gasteiger partial charge on any atom is -0.383 e. The molecule has 154 valence electrons. The molecule has 6 nitrogen and oxygen atoms in total. The molecule has 0 bridgehead atoms. The van der Waals surface area contributed by atoms with Crippen LogP contribution >= 0.6 is 11.3 Å². The van der Waals surface area contributed by atoms with Crippen molar-refractivity contribution < 1.29 is 17.9 Å². The predicted octanol–water partition coefficient (Wildman–Crippen LogP) is 4.21. The van der Waals surface area contributed by atoms with Crippen LogP contribution < -0.4 is 5.32 Å². The van der Waals surface area contributed by atoms with Gasteiger partial charge >= 0.3 is 0 Å². The maximum atomic E-state index is 13.5. The summed E-state index contributed by atoms with van der Waals surface area (Å²) in [5.74, 6) is -0.0625. The monoisotopic (exact) mass is 432 g/mol. The number of nitrogens with one attached hydrogen (secondary N) is 1. The van der Waals surface area contributed by atoms with Crippen molar-refractivity contribution in [2.45, 2.75) is 37.1 Å². The Morgan fingerprint density at radius 3 is 2.41 bits per heavy atom. The number of methoxy groups -OCH3 is 1. The van der Waals surface area contributed by atoms with E-state index in [1.165, 1.54) is 11.3 Å². The van der Waals surface area contributed by atoms with Gasteiger partial charge in [-0.1, -0.05) is 23.8 Å². The van der Waals surface area contributed by atoms with Gasteiger partial charge in [0, 0.05) is 19.3 Å². The van der Waals surface area contributed by atoms with E-state index in [1.807, 2.05) is 13.8 Å². The molecule has 8 heteroatoms. The zero-order chi connectivity index (χ0) is 21.2. The standard InChI is InChI=1S/C21H24N2O4S2/c1-14-7-9-17(10-8-14)29(25,26)19-15(2)16(3)23(11-12-27-4)20(19)22-21(24)18-6-5-13-28-18/h5-10,13H,11-12H2,1-4H3,(H,22,24).